The van der Waals surface area contributed by atoms with Gasteiger partial charge >= 0.3 is 5.69 Å². The minimum absolute atomic E-state index is 0.0267. The molecule has 0 aromatic heterocycles. The number of rotatable bonds is 9. The molecule has 0 amide bonds. The van der Waals surface area contributed by atoms with Gasteiger partial charge < -0.3 is 18.6 Å². The highest BCUT2D eigenvalue weighted by molar-refractivity contribution is 6.84. The Morgan fingerprint density at radius 3 is 2.18 bits per heavy atom. The second-order valence-electron chi connectivity index (χ2n) is 6.72. The highest BCUT2D eigenvalue weighted by Crippen LogP contribution is 2.46. The van der Waals surface area contributed by atoms with Crippen LogP contribution in [0.15, 0.2) is 30.3 Å². The van der Waals surface area contributed by atoms with Crippen LogP contribution in [0.2, 0.25) is 13.1 Å². The van der Waals surface area contributed by atoms with E-state index in [0.29, 0.717) is 11.3 Å². The molecule has 0 spiro atoms. The van der Waals surface area contributed by atoms with Crippen LogP contribution in [-0.4, -0.2) is 34.6 Å². The van der Waals surface area contributed by atoms with Crippen molar-refractivity contribution in [3.63, 3.8) is 0 Å². The van der Waals surface area contributed by atoms with E-state index in [0.717, 1.165) is 6.42 Å². The van der Waals surface area contributed by atoms with Crippen LogP contribution in [0, 0.1) is 10.1 Å². The first-order valence-electron chi connectivity index (χ1n) is 8.99. The maximum Gasteiger partial charge on any atom is 0.320 e. The van der Waals surface area contributed by atoms with Gasteiger partial charge in [0.2, 0.25) is 19.8 Å². The van der Waals surface area contributed by atoms with Crippen LogP contribution in [0.25, 0.3) is 0 Å². The molecule has 0 saturated carbocycles. The maximum absolute atomic E-state index is 11.7. The number of nitro benzene ring substituents is 1. The number of hydrogen-bond donors (Lipinski definition) is 0. The number of ether oxygens (including phenoxy) is 3. The Balaban J connectivity index is 2.46. The average molecular weight is 406 g/mol. The van der Waals surface area contributed by atoms with Gasteiger partial charge in [-0.2, -0.15) is 0 Å². The van der Waals surface area contributed by atoms with Gasteiger partial charge in [-0.3, -0.25) is 10.1 Å². The molecule has 0 saturated heterocycles. The first-order chi connectivity index (χ1) is 13.3. The lowest BCUT2D eigenvalue weighted by Gasteiger charge is -2.26. The molecule has 0 aliphatic heterocycles. The normalized spacial score (nSPS) is 11.2. The van der Waals surface area contributed by atoms with E-state index in [1.807, 2.05) is 12.1 Å². The monoisotopic (exact) mass is 405 g/mol. The van der Waals surface area contributed by atoms with Crippen molar-refractivity contribution in [2.24, 2.45) is 0 Å². The second-order valence-corrected chi connectivity index (χ2v) is 10.6. The molecule has 0 atom stereocenters. The Hall–Kier alpha value is -2.58. The van der Waals surface area contributed by atoms with Crippen molar-refractivity contribution in [3.8, 4) is 17.2 Å². The molecule has 2 aromatic rings. The summed E-state index contributed by atoms with van der Waals surface area (Å²) in [6.07, 6.45) is 0.903. The summed E-state index contributed by atoms with van der Waals surface area (Å²) in [5, 5.41) is 12.9. The summed E-state index contributed by atoms with van der Waals surface area (Å²) >= 11 is 0. The Morgan fingerprint density at radius 2 is 1.64 bits per heavy atom. The Labute approximate surface area is 166 Å². The lowest BCUT2D eigenvalue weighted by molar-refractivity contribution is -0.386. The number of benzene rings is 2. The summed E-state index contributed by atoms with van der Waals surface area (Å²) in [5.74, 6) is 0.573. The zero-order valence-electron chi connectivity index (χ0n) is 17.2. The predicted molar refractivity (Wildman–Crippen MR) is 110 cm³/mol. The molecule has 2 rings (SSSR count). The number of hydrogen-bond acceptors (Lipinski definition) is 6. The predicted octanol–water partition coefficient (Wildman–Crippen LogP) is 3.81. The Bertz CT molecular complexity index is 853. The van der Waals surface area contributed by atoms with Gasteiger partial charge in [-0.15, -0.1) is 0 Å². The number of aryl methyl sites for hydroxylation is 1. The van der Waals surface area contributed by atoms with Gasteiger partial charge in [0, 0.05) is 0 Å². The van der Waals surface area contributed by atoms with Gasteiger partial charge in [0.25, 0.3) is 0 Å². The summed E-state index contributed by atoms with van der Waals surface area (Å²) in [6.45, 7) is 6.36. The lowest BCUT2D eigenvalue weighted by Crippen LogP contribution is -2.46. The van der Waals surface area contributed by atoms with Crippen molar-refractivity contribution in [1.82, 2.24) is 0 Å². The molecule has 8 heteroatoms. The first-order valence-corrected chi connectivity index (χ1v) is 11.9. The molecule has 28 heavy (non-hydrogen) atoms. The van der Waals surface area contributed by atoms with Crippen molar-refractivity contribution in [2.45, 2.75) is 33.0 Å². The average Bonchev–Trinajstić information content (AvgIpc) is 2.70. The van der Waals surface area contributed by atoms with E-state index < -0.39 is 13.2 Å². The van der Waals surface area contributed by atoms with Gasteiger partial charge in [-0.1, -0.05) is 31.2 Å². The zero-order valence-corrected chi connectivity index (χ0v) is 18.2. The molecule has 7 nitrogen and oxygen atoms in total. The van der Waals surface area contributed by atoms with E-state index in [1.165, 1.54) is 32.1 Å². The fourth-order valence-corrected chi connectivity index (χ4v) is 5.46. The molecule has 2 aromatic carbocycles. The van der Waals surface area contributed by atoms with Crippen molar-refractivity contribution < 1.29 is 23.6 Å². The molecule has 0 aliphatic carbocycles. The lowest BCUT2D eigenvalue weighted by atomic mass is 10.1. The topological polar surface area (TPSA) is 80.1 Å². The van der Waals surface area contributed by atoms with Crippen LogP contribution < -0.4 is 19.4 Å². The molecule has 0 heterocycles. The fraction of sp³-hybridized carbons (Fsp3) is 0.400. The van der Waals surface area contributed by atoms with Crippen LogP contribution >= 0.6 is 0 Å². The van der Waals surface area contributed by atoms with Gasteiger partial charge in [0.15, 0.2) is 5.75 Å². The molecule has 152 valence electrons. The third-order valence-corrected chi connectivity index (χ3v) is 7.35. The van der Waals surface area contributed by atoms with Gasteiger partial charge in [0.05, 0.1) is 38.4 Å². The van der Waals surface area contributed by atoms with Gasteiger partial charge in [-0.05, 0) is 36.3 Å². The van der Waals surface area contributed by atoms with Crippen LogP contribution in [-0.2, 0) is 17.5 Å². The number of nitro groups is 1. The van der Waals surface area contributed by atoms with Crippen molar-refractivity contribution >= 4 is 19.2 Å². The smallest absolute Gasteiger partial charge is 0.320 e. The van der Waals surface area contributed by atoms with E-state index in [4.69, 9.17) is 18.6 Å². The van der Waals surface area contributed by atoms with Crippen LogP contribution in [0.5, 0.6) is 17.2 Å². The van der Waals surface area contributed by atoms with E-state index in [2.05, 4.69) is 32.2 Å². The molecule has 0 unspecified atom stereocenters. The minimum Gasteiger partial charge on any atom is -0.493 e. The molecule has 0 fully saturated rings. The maximum atomic E-state index is 11.7. The van der Waals surface area contributed by atoms with E-state index in [-0.39, 0.29) is 23.8 Å². The highest BCUT2D eigenvalue weighted by Gasteiger charge is 2.32. The molecule has 0 N–H and O–H groups in total. The third kappa shape index (κ3) is 4.28. The fourth-order valence-electron chi connectivity index (χ4n) is 3.25. The summed E-state index contributed by atoms with van der Waals surface area (Å²) < 4.78 is 22.2. The summed E-state index contributed by atoms with van der Waals surface area (Å²) in [7, 11) is 1.96. The second kappa shape index (κ2) is 9.07. The molecule has 0 bridgehead atoms. The first kappa shape index (κ1) is 21.7. The van der Waals surface area contributed by atoms with Crippen molar-refractivity contribution in [1.29, 1.82) is 0 Å². The van der Waals surface area contributed by atoms with Crippen LogP contribution in [0.1, 0.15) is 18.1 Å². The summed E-state index contributed by atoms with van der Waals surface area (Å²) in [5.41, 5.74) is 1.45. The quantitative estimate of drug-likeness (QED) is 0.358. The third-order valence-electron chi connectivity index (χ3n) is 4.70. The van der Waals surface area contributed by atoms with Gasteiger partial charge in [0.1, 0.15) is 0 Å². The Kier molecular flexibility index (Phi) is 7.04. The van der Waals surface area contributed by atoms with Crippen molar-refractivity contribution in [3.05, 3.63) is 51.6 Å². The number of methoxy groups -OCH3 is 3. The minimum atomic E-state index is -2.30. The summed E-state index contributed by atoms with van der Waals surface area (Å²) in [4.78, 5) is 11.3. The number of nitrogens with zero attached hydrogens (tertiary/aromatic N) is 1. The largest absolute Gasteiger partial charge is 0.493 e. The Morgan fingerprint density at radius 1 is 1.00 bits per heavy atom. The van der Waals surface area contributed by atoms with E-state index in [9.17, 15) is 10.1 Å². The molecule has 0 aliphatic rings. The van der Waals surface area contributed by atoms with Crippen molar-refractivity contribution in [2.75, 3.05) is 21.3 Å². The standard InChI is InChI=1S/C20H27NO6Si/c1-7-14-10-8-9-11-17(14)28(5,6)27-13-15-12-16(24-2)19(25-3)20(26-4)18(15)21(22)23/h8-12H,7,13H2,1-6H3. The van der Waals surface area contributed by atoms with E-state index in [1.54, 1.807) is 6.07 Å². The van der Waals surface area contributed by atoms with Gasteiger partial charge in [-0.25, -0.2) is 0 Å². The molecule has 0 radical (unpaired) electrons. The molecular formula is C20H27NO6Si. The van der Waals surface area contributed by atoms with Crippen LogP contribution in [0.3, 0.4) is 0 Å². The highest BCUT2D eigenvalue weighted by atomic mass is 28.4. The SMILES string of the molecule is CCc1ccccc1[Si](C)(C)OCc1cc(OC)c(OC)c(OC)c1[N+](=O)[O-]. The van der Waals surface area contributed by atoms with E-state index >= 15 is 0 Å². The zero-order chi connectivity index (χ0) is 20.9. The van der Waals surface area contributed by atoms with Crippen LogP contribution in [0.4, 0.5) is 5.69 Å². The molecular weight excluding hydrogens is 378 g/mol. The summed E-state index contributed by atoms with van der Waals surface area (Å²) in [6, 6.07) is 9.75.